The van der Waals surface area contributed by atoms with Crippen LogP contribution in [0.1, 0.15) is 66.2 Å². The molecule has 0 N–H and O–H groups in total. The number of hydrogen-bond acceptors (Lipinski definition) is 0. The van der Waals surface area contributed by atoms with Crippen LogP contribution >= 0.6 is 0 Å². The molecule has 2 unspecified atom stereocenters. The summed E-state index contributed by atoms with van der Waals surface area (Å²) in [6.07, 6.45) is 13.0. The van der Waals surface area contributed by atoms with E-state index < -0.39 is 0 Å². The van der Waals surface area contributed by atoms with Crippen molar-refractivity contribution in [3.8, 4) is 0 Å². The first kappa shape index (κ1) is 11.1. The van der Waals surface area contributed by atoms with Gasteiger partial charge in [0, 0.05) is 0 Å². The highest BCUT2D eigenvalue weighted by Crippen LogP contribution is 2.52. The zero-order valence-electron chi connectivity index (χ0n) is 11.9. The van der Waals surface area contributed by atoms with Gasteiger partial charge in [-0.2, -0.15) is 0 Å². The molecule has 0 heteroatoms. The first-order valence-electron chi connectivity index (χ1n) is 8.17. The molecular formula is C20H20. The minimum atomic E-state index is 0.808. The molecule has 5 rings (SSSR count). The third kappa shape index (κ3) is 1.32. The van der Waals surface area contributed by atoms with Gasteiger partial charge in [0.05, 0.1) is 0 Å². The zero-order chi connectivity index (χ0) is 13.1. The smallest absolute Gasteiger partial charge is 0.0106 e. The molecule has 0 saturated carbocycles. The van der Waals surface area contributed by atoms with Crippen LogP contribution in [0.2, 0.25) is 0 Å². The van der Waals surface area contributed by atoms with Gasteiger partial charge in [-0.25, -0.2) is 0 Å². The second-order valence-electron chi connectivity index (χ2n) is 6.77. The molecule has 0 amide bonds. The zero-order valence-corrected chi connectivity index (χ0v) is 11.9. The minimum absolute atomic E-state index is 0.808. The maximum Gasteiger partial charge on any atom is -0.0106 e. The highest BCUT2D eigenvalue weighted by Gasteiger charge is 2.35. The van der Waals surface area contributed by atoms with Gasteiger partial charge in [0.1, 0.15) is 0 Å². The third-order valence-corrected chi connectivity index (χ3v) is 5.81. The van der Waals surface area contributed by atoms with Gasteiger partial charge in [0.15, 0.2) is 0 Å². The summed E-state index contributed by atoms with van der Waals surface area (Å²) in [6.45, 7) is 0. The molecule has 100 valence electrons. The second-order valence-corrected chi connectivity index (χ2v) is 6.77. The molecule has 0 aromatic heterocycles. The van der Waals surface area contributed by atoms with Crippen molar-refractivity contribution >= 4 is 16.8 Å². The van der Waals surface area contributed by atoms with E-state index in [1.165, 1.54) is 49.3 Å². The molecule has 2 aromatic rings. The first-order chi connectivity index (χ1) is 9.93. The molecule has 0 aliphatic heterocycles. The Morgan fingerprint density at radius 2 is 1.70 bits per heavy atom. The second kappa shape index (κ2) is 3.97. The quantitative estimate of drug-likeness (QED) is 0.582. The number of allylic oxidation sites excluding steroid dienone is 1. The summed E-state index contributed by atoms with van der Waals surface area (Å²) in [4.78, 5) is 0. The molecule has 3 aliphatic rings. The molecule has 0 heterocycles. The van der Waals surface area contributed by atoms with Crippen molar-refractivity contribution in [1.82, 2.24) is 0 Å². The fourth-order valence-corrected chi connectivity index (χ4v) is 5.02. The molecule has 0 fully saturated rings. The molecule has 2 atom stereocenters. The van der Waals surface area contributed by atoms with Gasteiger partial charge in [-0.3, -0.25) is 0 Å². The summed E-state index contributed by atoms with van der Waals surface area (Å²) in [5.41, 5.74) is 6.79. The van der Waals surface area contributed by atoms with Crippen LogP contribution in [0, 0.1) is 0 Å². The Bertz CT molecular complexity index is 735. The normalized spacial score (nSPS) is 26.6. The summed E-state index contributed by atoms with van der Waals surface area (Å²) in [6, 6.07) is 9.12. The minimum Gasteiger partial charge on any atom is -0.0833 e. The molecule has 0 bridgehead atoms. The monoisotopic (exact) mass is 260 g/mol. The Morgan fingerprint density at radius 1 is 0.850 bits per heavy atom. The van der Waals surface area contributed by atoms with E-state index in [0.717, 1.165) is 11.8 Å². The lowest BCUT2D eigenvalue weighted by Gasteiger charge is -2.39. The van der Waals surface area contributed by atoms with Gasteiger partial charge in [0.2, 0.25) is 0 Å². The van der Waals surface area contributed by atoms with E-state index in [9.17, 15) is 0 Å². The predicted octanol–water partition coefficient (Wildman–Crippen LogP) is 5.55. The summed E-state index contributed by atoms with van der Waals surface area (Å²) in [5, 5.41) is 3.04. The Morgan fingerprint density at radius 3 is 2.65 bits per heavy atom. The summed E-state index contributed by atoms with van der Waals surface area (Å²) in [5.74, 6) is 1.67. The van der Waals surface area contributed by atoms with Crippen LogP contribution in [-0.4, -0.2) is 0 Å². The van der Waals surface area contributed by atoms with Crippen LogP contribution in [0.5, 0.6) is 0 Å². The van der Waals surface area contributed by atoms with E-state index >= 15 is 0 Å². The fourth-order valence-electron chi connectivity index (χ4n) is 5.02. The van der Waals surface area contributed by atoms with Crippen molar-refractivity contribution in [3.63, 3.8) is 0 Å². The highest BCUT2D eigenvalue weighted by molar-refractivity contribution is 5.96. The van der Waals surface area contributed by atoms with Crippen molar-refractivity contribution in [2.45, 2.75) is 50.4 Å². The number of aryl methyl sites for hydroxylation is 1. The molecule has 0 nitrogen and oxygen atoms in total. The molecule has 0 radical (unpaired) electrons. The van der Waals surface area contributed by atoms with Gasteiger partial charge < -0.3 is 0 Å². The molecule has 3 aliphatic carbocycles. The topological polar surface area (TPSA) is 0 Å². The van der Waals surface area contributed by atoms with Crippen LogP contribution in [-0.2, 0) is 6.42 Å². The fraction of sp³-hybridized carbons (Fsp3) is 0.400. The van der Waals surface area contributed by atoms with E-state index in [4.69, 9.17) is 0 Å². The lowest BCUT2D eigenvalue weighted by atomic mass is 9.65. The standard InChI is InChI=1S/C20H20/c1-2-8-16-15(7-1)17-9-3-5-13-11-12-14-6-4-10-18(16)20(14)19(13)17/h1-3,7-9,13-14H,4-6,10-12H2. The molecule has 20 heavy (non-hydrogen) atoms. The van der Waals surface area contributed by atoms with E-state index in [-0.39, 0.29) is 0 Å². The number of rotatable bonds is 0. The van der Waals surface area contributed by atoms with Gasteiger partial charge in [0.25, 0.3) is 0 Å². The molecular weight excluding hydrogens is 240 g/mol. The maximum absolute atomic E-state index is 2.41. The van der Waals surface area contributed by atoms with Crippen molar-refractivity contribution in [2.75, 3.05) is 0 Å². The number of fused-ring (bicyclic) bond motifs is 3. The van der Waals surface area contributed by atoms with Crippen LogP contribution in [0.4, 0.5) is 0 Å². The average Bonchev–Trinajstić information content (AvgIpc) is 2.53. The van der Waals surface area contributed by atoms with Gasteiger partial charge in [-0.15, -0.1) is 0 Å². The van der Waals surface area contributed by atoms with Crippen molar-refractivity contribution in [3.05, 3.63) is 52.6 Å². The maximum atomic E-state index is 2.41. The van der Waals surface area contributed by atoms with Crippen LogP contribution in [0.15, 0.2) is 30.3 Å². The molecule has 0 spiro atoms. The molecule has 2 aromatic carbocycles. The Labute approximate surface area is 120 Å². The van der Waals surface area contributed by atoms with Crippen LogP contribution in [0.3, 0.4) is 0 Å². The van der Waals surface area contributed by atoms with E-state index in [0.29, 0.717) is 0 Å². The lowest BCUT2D eigenvalue weighted by molar-refractivity contribution is 0.434. The molecule has 0 saturated heterocycles. The van der Waals surface area contributed by atoms with Crippen molar-refractivity contribution < 1.29 is 0 Å². The highest BCUT2D eigenvalue weighted by atomic mass is 14.4. The van der Waals surface area contributed by atoms with Gasteiger partial charge >= 0.3 is 0 Å². The summed E-state index contributed by atoms with van der Waals surface area (Å²) in [7, 11) is 0. The van der Waals surface area contributed by atoms with Crippen LogP contribution in [0.25, 0.3) is 16.8 Å². The van der Waals surface area contributed by atoms with E-state index in [2.05, 4.69) is 36.4 Å². The number of benzene rings is 2. The predicted molar refractivity (Wildman–Crippen MR) is 85.3 cm³/mol. The third-order valence-electron chi connectivity index (χ3n) is 5.81. The average molecular weight is 260 g/mol. The Kier molecular flexibility index (Phi) is 2.21. The van der Waals surface area contributed by atoms with Crippen LogP contribution < -0.4 is 0 Å². The van der Waals surface area contributed by atoms with Crippen molar-refractivity contribution in [1.29, 1.82) is 0 Å². The first-order valence-corrected chi connectivity index (χ1v) is 8.17. The summed E-state index contributed by atoms with van der Waals surface area (Å²) >= 11 is 0. The summed E-state index contributed by atoms with van der Waals surface area (Å²) < 4.78 is 0. The Balaban J connectivity index is 1.99. The largest absolute Gasteiger partial charge is 0.0833 e. The van der Waals surface area contributed by atoms with E-state index in [1.54, 1.807) is 22.3 Å². The SMILES string of the molecule is C1=Cc2c3c4c(c5ccccc25)CCCC4CCC3C1. The van der Waals surface area contributed by atoms with Gasteiger partial charge in [-0.1, -0.05) is 36.4 Å². The van der Waals surface area contributed by atoms with Crippen molar-refractivity contribution in [2.24, 2.45) is 0 Å². The van der Waals surface area contributed by atoms with E-state index in [1.807, 2.05) is 0 Å². The Hall–Kier alpha value is -1.56. The van der Waals surface area contributed by atoms with Gasteiger partial charge in [-0.05, 0) is 83.4 Å². The lowest BCUT2D eigenvalue weighted by Crippen LogP contribution is -2.22. The number of hydrogen-bond donors (Lipinski definition) is 0.